The fourth-order valence-corrected chi connectivity index (χ4v) is 16.8. The lowest BCUT2D eigenvalue weighted by molar-refractivity contribution is -0.133. The van der Waals surface area contributed by atoms with Gasteiger partial charge in [0.15, 0.2) is 22.9 Å². The van der Waals surface area contributed by atoms with Crippen LogP contribution in [0.3, 0.4) is 0 Å². The number of hydrogen-bond acceptors (Lipinski definition) is 19. The van der Waals surface area contributed by atoms with Crippen LogP contribution in [0.25, 0.3) is 33.4 Å². The molecule has 7 heterocycles. The molecule has 24 nitrogen and oxygen atoms in total. The van der Waals surface area contributed by atoms with E-state index in [1.165, 1.54) is 51.0 Å². The zero-order valence-corrected chi connectivity index (χ0v) is 70.5. The molecule has 26 heteroatoms. The Hall–Kier alpha value is -12.0. The molecule has 15 rings (SSSR count). The van der Waals surface area contributed by atoms with Gasteiger partial charge in [0.25, 0.3) is 17.7 Å². The average Bonchev–Trinajstić information content (AvgIpc) is 1.47. The monoisotopic (exact) mass is 1690 g/mol. The number of nitrogens with zero attached hydrogens (tertiary/aromatic N) is 6. The molecule has 0 radical (unpaired) electrons. The molecule has 0 spiro atoms. The number of amides is 6. The molecule has 6 atom stereocenters. The van der Waals surface area contributed by atoms with E-state index in [1.807, 2.05) is 166 Å². The van der Waals surface area contributed by atoms with Crippen LogP contribution < -0.4 is 49.1 Å². The molecule has 0 saturated carbocycles. The van der Waals surface area contributed by atoms with Gasteiger partial charge < -0.3 is 77.3 Å². The fraction of sp³-hybridized carbons (Fsp3) is 0.309. The highest BCUT2D eigenvalue weighted by Crippen LogP contribution is 2.33. The summed E-state index contributed by atoms with van der Waals surface area (Å²) in [4.78, 5) is 90.6. The van der Waals surface area contributed by atoms with E-state index in [-0.39, 0.29) is 101 Å². The van der Waals surface area contributed by atoms with Gasteiger partial charge in [0.05, 0.1) is 24.4 Å². The van der Waals surface area contributed by atoms with Gasteiger partial charge in [0.2, 0.25) is 23.5 Å². The Morgan fingerprint density at radius 1 is 0.415 bits per heavy atom. The number of thiazole rings is 1. The number of nitrogens with two attached hydrogens (primary N) is 3. The Balaban J connectivity index is 0.000000159. The molecular weight excluding hydrogens is 1590 g/mol. The first-order chi connectivity index (χ1) is 60.2. The summed E-state index contributed by atoms with van der Waals surface area (Å²) >= 11 is 7.43. The van der Waals surface area contributed by atoms with E-state index >= 15 is 0 Å². The van der Waals surface area contributed by atoms with E-state index in [1.54, 1.807) is 41.8 Å². The first kappa shape index (κ1) is 88.7. The molecule has 638 valence electrons. The van der Waals surface area contributed by atoms with Crippen LogP contribution in [0.1, 0.15) is 140 Å². The van der Waals surface area contributed by atoms with Crippen molar-refractivity contribution in [3.8, 4) is 33.4 Å². The first-order valence-corrected chi connectivity index (χ1v) is 43.6. The number of carbonyl (C=O) groups excluding carboxylic acids is 6. The van der Waals surface area contributed by atoms with Crippen LogP contribution in [0, 0.1) is 0 Å². The predicted molar refractivity (Wildman–Crippen MR) is 480 cm³/mol. The second-order valence-corrected chi connectivity index (χ2v) is 32.3. The Morgan fingerprint density at radius 2 is 0.748 bits per heavy atom. The van der Waals surface area contributed by atoms with Crippen LogP contribution in [0.2, 0.25) is 5.02 Å². The number of hydrogen-bond donors (Lipinski definition) is 9. The molecule has 3 aliphatic heterocycles. The molecular formula is C97H108ClN15O9S. The van der Waals surface area contributed by atoms with Gasteiger partial charge >= 0.3 is 0 Å². The van der Waals surface area contributed by atoms with Gasteiger partial charge in [-0.15, -0.1) is 11.3 Å². The molecule has 12 N–H and O–H groups in total. The fourth-order valence-electron chi connectivity index (χ4n) is 15.9. The molecule has 0 bridgehead atoms. The maximum absolute atomic E-state index is 13.8. The lowest BCUT2D eigenvalue weighted by Gasteiger charge is -2.29. The van der Waals surface area contributed by atoms with Crippen molar-refractivity contribution in [3.63, 3.8) is 0 Å². The summed E-state index contributed by atoms with van der Waals surface area (Å²) in [5.74, 6) is 0.882. The number of aromatic nitrogens is 3. The topological polar surface area (TPSA) is 340 Å². The van der Waals surface area contributed by atoms with E-state index in [0.29, 0.717) is 139 Å². The van der Waals surface area contributed by atoms with E-state index in [2.05, 4.69) is 120 Å². The molecule has 6 amide bonds. The summed E-state index contributed by atoms with van der Waals surface area (Å²) < 4.78 is 16.0. The number of halogens is 1. The predicted octanol–water partition coefficient (Wildman–Crippen LogP) is 13.3. The number of furan rings is 1. The number of rotatable bonds is 33. The van der Waals surface area contributed by atoms with Crippen LogP contribution >= 0.6 is 22.9 Å². The van der Waals surface area contributed by atoms with Gasteiger partial charge in [0, 0.05) is 128 Å². The Labute approximate surface area is 727 Å². The molecule has 123 heavy (non-hydrogen) atoms. The third kappa shape index (κ3) is 25.1. The van der Waals surface area contributed by atoms with Crippen LogP contribution in [0.4, 0.5) is 0 Å². The second-order valence-electron chi connectivity index (χ2n) is 31.1. The van der Waals surface area contributed by atoms with E-state index in [9.17, 15) is 28.8 Å². The molecule has 3 aliphatic rings. The summed E-state index contributed by atoms with van der Waals surface area (Å²) in [5.41, 5.74) is 27.0. The van der Waals surface area contributed by atoms with Crippen molar-refractivity contribution in [2.45, 2.75) is 112 Å². The molecule has 3 fully saturated rings. The van der Waals surface area contributed by atoms with Gasteiger partial charge in [-0.2, -0.15) is 0 Å². The summed E-state index contributed by atoms with van der Waals surface area (Å²) in [5, 5.41) is 30.6. The van der Waals surface area contributed by atoms with Crippen molar-refractivity contribution in [1.82, 2.24) is 61.9 Å². The van der Waals surface area contributed by atoms with Crippen molar-refractivity contribution in [3.05, 3.63) is 328 Å². The maximum Gasteiger partial charge on any atom is 0.273 e. The minimum absolute atomic E-state index is 0.0461. The highest BCUT2D eigenvalue weighted by atomic mass is 35.5. The Morgan fingerprint density at radius 3 is 1.09 bits per heavy atom. The standard InChI is InChI=1S/C33H36ClN5O3.C33H37N5O2S.C31H35N5O4/c34-26-15-13-25(14-16-26)31-20-30(38-42-31)32(40)36-21-27-17-19-39(33(41)29(37-27)12-7-18-35)22-28(23-8-3-1-4-9-23)24-10-5-2-6-11-24;34-19-10-17-29-33(40)38(22-28(24-11-4-1-5-12-24)25-13-6-2-7-14-25)20-18-27(36-29)21-35-31(39)30-23-41-32(37-30)26-15-8-3-9-16-26;32-16-7-13-26-31(38)36(21-25(22-9-3-1-4-10-22)23-11-5-2-6-12-23)17-15-24(34-26)20-33-30(37)27-19-29(40-35-27)28-14-8-18-39-28/h1-6,8-11,13-16,20,27-29,37H,7,12,17-19,21-22,35H2,(H,36,40);1-9,11-16,23,27-29,36H,10,17-22,34H2,(H,35,39);1-6,8-12,14,18-19,24-26,34H,7,13,15-17,20-21,32H2,(H,33,37)/t2*27-,29-;24-,26-/m000/s1. The molecule has 3 saturated heterocycles. The summed E-state index contributed by atoms with van der Waals surface area (Å²) in [6, 6.07) is 84.2. The maximum atomic E-state index is 13.8. The zero-order chi connectivity index (χ0) is 85.5. The minimum Gasteiger partial charge on any atom is -0.461 e. The highest BCUT2D eigenvalue weighted by Gasteiger charge is 2.37. The molecule has 0 aliphatic carbocycles. The van der Waals surface area contributed by atoms with Gasteiger partial charge in [-0.3, -0.25) is 28.8 Å². The van der Waals surface area contributed by atoms with Gasteiger partial charge in [-0.05, 0) is 147 Å². The van der Waals surface area contributed by atoms with Crippen molar-refractivity contribution < 1.29 is 42.2 Å². The number of benzene rings is 8. The summed E-state index contributed by atoms with van der Waals surface area (Å²) in [6.07, 6.45) is 7.77. The summed E-state index contributed by atoms with van der Waals surface area (Å²) in [7, 11) is 0. The first-order valence-electron chi connectivity index (χ1n) is 42.4. The lowest BCUT2D eigenvalue weighted by atomic mass is 9.90. The Bertz CT molecular complexity index is 5120. The molecule has 12 aromatic rings. The second kappa shape index (κ2) is 45.7. The van der Waals surface area contributed by atoms with Gasteiger partial charge in [-0.1, -0.05) is 234 Å². The largest absolute Gasteiger partial charge is 0.461 e. The number of nitrogens with one attached hydrogen (secondary N) is 6. The smallest absolute Gasteiger partial charge is 0.273 e. The van der Waals surface area contributed by atoms with Crippen LogP contribution in [0.15, 0.2) is 286 Å². The summed E-state index contributed by atoms with van der Waals surface area (Å²) in [6.45, 7) is 6.14. The van der Waals surface area contributed by atoms with Crippen LogP contribution in [0.5, 0.6) is 0 Å². The van der Waals surface area contributed by atoms with E-state index < -0.39 is 0 Å². The van der Waals surface area contributed by atoms with Crippen molar-refractivity contribution in [1.29, 1.82) is 0 Å². The molecule has 0 unspecified atom stereocenters. The average molecular weight is 1700 g/mol. The third-order valence-electron chi connectivity index (χ3n) is 22.6. The van der Waals surface area contributed by atoms with Crippen molar-refractivity contribution >= 4 is 58.4 Å². The zero-order valence-electron chi connectivity index (χ0n) is 68.9. The van der Waals surface area contributed by atoms with Crippen molar-refractivity contribution in [2.75, 3.05) is 78.5 Å². The third-order valence-corrected chi connectivity index (χ3v) is 23.7. The van der Waals surface area contributed by atoms with E-state index in [4.69, 9.17) is 42.3 Å². The minimum atomic E-state index is -0.381. The Kier molecular flexibility index (Phi) is 33.0. The van der Waals surface area contributed by atoms with Crippen LogP contribution in [-0.2, 0) is 14.4 Å². The van der Waals surface area contributed by atoms with Crippen molar-refractivity contribution in [2.24, 2.45) is 17.2 Å². The normalized spacial score (nSPS) is 17.5. The van der Waals surface area contributed by atoms with Gasteiger partial charge in [-0.25, -0.2) is 4.98 Å². The van der Waals surface area contributed by atoms with Crippen LogP contribution in [-0.4, -0.2) is 180 Å². The quantitative estimate of drug-likeness (QED) is 0.0184. The van der Waals surface area contributed by atoms with E-state index in [0.717, 1.165) is 41.8 Å². The lowest BCUT2D eigenvalue weighted by Crippen LogP contribution is -2.49. The molecule has 4 aromatic heterocycles. The van der Waals surface area contributed by atoms with Gasteiger partial charge in [0.1, 0.15) is 10.7 Å². The SMILES string of the molecule is NCCC[C@@H]1N[C@H](CNC(=O)c2cc(-c3ccc(Cl)cc3)on2)CCN(CC(c2ccccc2)c2ccccc2)C1=O.NCCC[C@@H]1N[C@H](CNC(=O)c2cc(-c3ccco3)on2)CCN(CC(c2ccccc2)c2ccccc2)C1=O.NCCC[C@@H]1N[C@H](CNC(=O)c2csc(-c3ccccc3)n2)CCN(CC(c2ccccc2)c2ccccc2)C1=O. The molecule has 8 aromatic carbocycles. The highest BCUT2D eigenvalue weighted by molar-refractivity contribution is 7.13. The number of carbonyl (C=O) groups is 6.